The van der Waals surface area contributed by atoms with Crippen LogP contribution in [-0.4, -0.2) is 15.7 Å². The highest BCUT2D eigenvalue weighted by Crippen LogP contribution is 2.36. The first-order valence-corrected chi connectivity index (χ1v) is 10.8. The monoisotopic (exact) mass is 547 g/mol. The van der Waals surface area contributed by atoms with Crippen molar-refractivity contribution in [1.82, 2.24) is 9.78 Å². The van der Waals surface area contributed by atoms with Gasteiger partial charge >= 0.3 is 0 Å². The maximum atomic E-state index is 13.9. The Hall–Kier alpha value is -3.21. The van der Waals surface area contributed by atoms with E-state index >= 15 is 0 Å². The maximum absolute atomic E-state index is 13.9. The van der Waals surface area contributed by atoms with Gasteiger partial charge in [-0.2, -0.15) is 5.10 Å². The molecule has 0 radical (unpaired) electrons. The molecular formula is C22H12Cl3F4N3O3. The Balaban J connectivity index is 1.39. The van der Waals surface area contributed by atoms with E-state index in [9.17, 15) is 22.4 Å². The van der Waals surface area contributed by atoms with Crippen LogP contribution in [0.1, 0.15) is 21.9 Å². The third-order valence-corrected chi connectivity index (χ3v) is 5.41. The molecule has 0 aliphatic carbocycles. The van der Waals surface area contributed by atoms with E-state index in [0.717, 1.165) is 4.68 Å². The summed E-state index contributed by atoms with van der Waals surface area (Å²) in [4.78, 5) is 12.5. The molecule has 1 N–H and O–H groups in total. The highest BCUT2D eigenvalue weighted by atomic mass is 35.5. The molecule has 2 heterocycles. The Bertz CT molecular complexity index is 1400. The third kappa shape index (κ3) is 5.55. The lowest BCUT2D eigenvalue weighted by molar-refractivity contribution is 0.0992. The fraction of sp³-hybridized carbons (Fsp3) is 0.0909. The number of carbonyl (C=O) groups excluding carboxylic acids is 1. The average molecular weight is 549 g/mol. The first-order valence-electron chi connectivity index (χ1n) is 9.64. The number of amides is 1. The summed E-state index contributed by atoms with van der Waals surface area (Å²) in [6.45, 7) is -0.625. The minimum atomic E-state index is -1.79. The van der Waals surface area contributed by atoms with Gasteiger partial charge in [0.05, 0.1) is 28.5 Å². The SMILES string of the molecule is O=C(Nc1cnn(Cc2c(F)cc(F)c(F)c2F)c1)c1ccc(COc2c(Cl)cc(Cl)cc2Cl)o1. The molecule has 0 bridgehead atoms. The molecule has 182 valence electrons. The van der Waals surface area contributed by atoms with E-state index in [1.165, 1.54) is 36.7 Å². The summed E-state index contributed by atoms with van der Waals surface area (Å²) < 4.78 is 66.3. The highest BCUT2D eigenvalue weighted by Gasteiger charge is 2.20. The Morgan fingerprint density at radius 3 is 2.46 bits per heavy atom. The summed E-state index contributed by atoms with van der Waals surface area (Å²) in [6.07, 6.45) is 2.45. The molecular weight excluding hydrogens is 537 g/mol. The molecule has 0 saturated heterocycles. The van der Waals surface area contributed by atoms with E-state index in [2.05, 4.69) is 10.4 Å². The van der Waals surface area contributed by atoms with Gasteiger partial charge in [0.15, 0.2) is 29.0 Å². The summed E-state index contributed by atoms with van der Waals surface area (Å²) >= 11 is 18.0. The molecule has 6 nitrogen and oxygen atoms in total. The number of benzene rings is 2. The number of rotatable bonds is 7. The van der Waals surface area contributed by atoms with E-state index < -0.39 is 41.3 Å². The molecule has 2 aromatic heterocycles. The van der Waals surface area contributed by atoms with E-state index in [1.54, 1.807) is 0 Å². The molecule has 1 amide bonds. The highest BCUT2D eigenvalue weighted by molar-refractivity contribution is 6.40. The van der Waals surface area contributed by atoms with Crippen molar-refractivity contribution in [3.05, 3.63) is 98.1 Å². The van der Waals surface area contributed by atoms with Crippen LogP contribution in [0.15, 0.2) is 47.1 Å². The normalized spacial score (nSPS) is 11.1. The van der Waals surface area contributed by atoms with Crippen LogP contribution in [0.2, 0.25) is 15.1 Å². The van der Waals surface area contributed by atoms with Crippen LogP contribution in [0.5, 0.6) is 5.75 Å². The number of nitrogens with one attached hydrogen (secondary N) is 1. The van der Waals surface area contributed by atoms with Crippen molar-refractivity contribution in [1.29, 1.82) is 0 Å². The second-order valence-corrected chi connectivity index (χ2v) is 8.33. The molecule has 0 unspecified atom stereocenters. The second kappa shape index (κ2) is 10.2. The van der Waals surface area contributed by atoms with E-state index in [-0.39, 0.29) is 45.7 Å². The van der Waals surface area contributed by atoms with Crippen molar-refractivity contribution >= 4 is 46.4 Å². The van der Waals surface area contributed by atoms with Crippen LogP contribution >= 0.6 is 34.8 Å². The predicted octanol–water partition coefficient (Wildman–Crippen LogP) is 6.87. The molecule has 2 aromatic carbocycles. The molecule has 0 atom stereocenters. The summed E-state index contributed by atoms with van der Waals surface area (Å²) in [5, 5.41) is 7.08. The van der Waals surface area contributed by atoms with Crippen molar-refractivity contribution in [2.45, 2.75) is 13.2 Å². The molecule has 0 fully saturated rings. The van der Waals surface area contributed by atoms with Crippen molar-refractivity contribution in [2.24, 2.45) is 0 Å². The number of hydrogen-bond donors (Lipinski definition) is 1. The molecule has 0 aliphatic rings. The number of carbonyl (C=O) groups is 1. The van der Waals surface area contributed by atoms with Crippen LogP contribution in [-0.2, 0) is 13.2 Å². The van der Waals surface area contributed by atoms with Crippen molar-refractivity contribution < 1.29 is 31.5 Å². The Morgan fingerprint density at radius 1 is 1.03 bits per heavy atom. The zero-order valence-corrected chi connectivity index (χ0v) is 19.5. The minimum absolute atomic E-state index is 0.0673. The fourth-order valence-electron chi connectivity index (χ4n) is 3.01. The van der Waals surface area contributed by atoms with Gasteiger partial charge in [0.1, 0.15) is 18.2 Å². The Morgan fingerprint density at radius 2 is 1.74 bits per heavy atom. The number of aromatic nitrogens is 2. The smallest absolute Gasteiger partial charge is 0.291 e. The standard InChI is InChI=1S/C22H12Cl3F4N3O3/c23-10-3-14(24)21(15(25)4-10)34-9-12-1-2-18(35-12)22(33)31-11-6-30-32(7-11)8-13-16(26)5-17(27)20(29)19(13)28/h1-7H,8-9H2,(H,31,33). The van der Waals surface area contributed by atoms with Crippen LogP contribution < -0.4 is 10.1 Å². The third-order valence-electron chi connectivity index (χ3n) is 4.63. The lowest BCUT2D eigenvalue weighted by atomic mass is 10.2. The maximum Gasteiger partial charge on any atom is 0.291 e. The summed E-state index contributed by atoms with van der Waals surface area (Å²) in [5.74, 6) is -6.59. The van der Waals surface area contributed by atoms with Gasteiger partial charge in [0.2, 0.25) is 0 Å². The number of anilines is 1. The van der Waals surface area contributed by atoms with Crippen molar-refractivity contribution in [3.63, 3.8) is 0 Å². The number of halogens is 7. The van der Waals surface area contributed by atoms with Crippen LogP contribution in [0.3, 0.4) is 0 Å². The fourth-order valence-corrected chi connectivity index (χ4v) is 3.93. The number of nitrogens with zero attached hydrogens (tertiary/aromatic N) is 2. The minimum Gasteiger partial charge on any atom is -0.483 e. The van der Waals surface area contributed by atoms with E-state index in [0.29, 0.717) is 5.02 Å². The average Bonchev–Trinajstić information content (AvgIpc) is 3.44. The topological polar surface area (TPSA) is 69.3 Å². The first-order chi connectivity index (χ1) is 16.6. The van der Waals surface area contributed by atoms with Gasteiger partial charge in [-0.25, -0.2) is 17.6 Å². The van der Waals surface area contributed by atoms with Gasteiger partial charge in [-0.3, -0.25) is 9.48 Å². The van der Waals surface area contributed by atoms with Gasteiger partial charge in [-0.15, -0.1) is 0 Å². The van der Waals surface area contributed by atoms with Gasteiger partial charge in [0.25, 0.3) is 5.91 Å². The first kappa shape index (κ1) is 24.9. The van der Waals surface area contributed by atoms with Crippen molar-refractivity contribution in [2.75, 3.05) is 5.32 Å². The molecule has 13 heteroatoms. The van der Waals surface area contributed by atoms with Crippen molar-refractivity contribution in [3.8, 4) is 5.75 Å². The Labute approximate surface area is 209 Å². The molecule has 0 saturated carbocycles. The molecule has 0 spiro atoms. The zero-order chi connectivity index (χ0) is 25.3. The number of ether oxygens (including phenoxy) is 1. The molecule has 35 heavy (non-hydrogen) atoms. The molecule has 4 aromatic rings. The summed E-state index contributed by atoms with van der Waals surface area (Å²) in [5.41, 5.74) is -0.561. The lowest BCUT2D eigenvalue weighted by Crippen LogP contribution is -2.11. The summed E-state index contributed by atoms with van der Waals surface area (Å²) in [6, 6.07) is 6.06. The number of hydrogen-bond acceptors (Lipinski definition) is 4. The largest absolute Gasteiger partial charge is 0.483 e. The zero-order valence-electron chi connectivity index (χ0n) is 17.2. The summed E-state index contributed by atoms with van der Waals surface area (Å²) in [7, 11) is 0. The number of furan rings is 1. The van der Waals surface area contributed by atoms with E-state index in [1.807, 2.05) is 0 Å². The van der Waals surface area contributed by atoms with E-state index in [4.69, 9.17) is 44.0 Å². The quantitative estimate of drug-likeness (QED) is 0.155. The second-order valence-electron chi connectivity index (χ2n) is 7.08. The molecule has 4 rings (SSSR count). The van der Waals surface area contributed by atoms with Crippen LogP contribution in [0, 0.1) is 23.3 Å². The lowest BCUT2D eigenvalue weighted by Gasteiger charge is -2.09. The van der Waals surface area contributed by atoms with Crippen LogP contribution in [0.4, 0.5) is 23.2 Å². The van der Waals surface area contributed by atoms with Gasteiger partial charge in [0, 0.05) is 22.8 Å². The van der Waals surface area contributed by atoms with Gasteiger partial charge < -0.3 is 14.5 Å². The van der Waals surface area contributed by atoms with Gasteiger partial charge in [-0.1, -0.05) is 34.8 Å². The van der Waals surface area contributed by atoms with Crippen LogP contribution in [0.25, 0.3) is 0 Å². The van der Waals surface area contributed by atoms with Gasteiger partial charge in [-0.05, 0) is 24.3 Å². The molecule has 0 aliphatic heterocycles. The predicted molar refractivity (Wildman–Crippen MR) is 120 cm³/mol. The Kier molecular flexibility index (Phi) is 7.25.